The molecule has 10 heteroatoms. The quantitative estimate of drug-likeness (QED) is 0.661. The minimum Gasteiger partial charge on any atom is -0.396 e. The van der Waals surface area contributed by atoms with E-state index in [0.29, 0.717) is 36.9 Å². The second-order valence-electron chi connectivity index (χ2n) is 6.72. The van der Waals surface area contributed by atoms with E-state index in [1.165, 1.54) is 0 Å². The van der Waals surface area contributed by atoms with Crippen LogP contribution >= 0.6 is 0 Å². The standard InChI is InChI=1S/C19H19F3N6O/c1-2-3-8-18(26-27-18)9-10-24-17(29)14-6-4-13(5-7-14)11-28-12-15(23)16(25-28)19(20,21)22/h1,4-7,12H,3,8-11,23H2,(H,24,29). The first-order chi connectivity index (χ1) is 13.7. The number of nitrogens with one attached hydrogen (secondary N) is 1. The molecule has 3 N–H and O–H groups in total. The summed E-state index contributed by atoms with van der Waals surface area (Å²) in [5, 5.41) is 14.3. The Morgan fingerprint density at radius 3 is 2.48 bits per heavy atom. The Bertz CT molecular complexity index is 950. The average Bonchev–Trinajstić information content (AvgIpc) is 3.33. The first-order valence-corrected chi connectivity index (χ1v) is 8.87. The zero-order chi connectivity index (χ0) is 21.1. The van der Waals surface area contributed by atoms with E-state index in [9.17, 15) is 18.0 Å². The molecule has 2 heterocycles. The highest BCUT2D eigenvalue weighted by molar-refractivity contribution is 5.94. The van der Waals surface area contributed by atoms with Crippen LogP contribution in [0, 0.1) is 12.3 Å². The summed E-state index contributed by atoms with van der Waals surface area (Å²) in [4.78, 5) is 12.2. The summed E-state index contributed by atoms with van der Waals surface area (Å²) in [7, 11) is 0. The molecule has 0 atom stereocenters. The molecule has 0 bridgehead atoms. The van der Waals surface area contributed by atoms with E-state index < -0.39 is 23.2 Å². The zero-order valence-corrected chi connectivity index (χ0v) is 15.4. The molecular formula is C19H19F3N6O. The van der Waals surface area contributed by atoms with Gasteiger partial charge in [0.1, 0.15) is 0 Å². The molecule has 1 amide bonds. The lowest BCUT2D eigenvalue weighted by Gasteiger charge is -2.10. The molecule has 1 aromatic carbocycles. The number of amides is 1. The highest BCUT2D eigenvalue weighted by atomic mass is 19.4. The summed E-state index contributed by atoms with van der Waals surface area (Å²) in [6.45, 7) is 0.508. The number of benzene rings is 1. The number of rotatable bonds is 8. The lowest BCUT2D eigenvalue weighted by molar-refractivity contribution is -0.140. The molecule has 0 unspecified atom stereocenters. The summed E-state index contributed by atoms with van der Waals surface area (Å²) in [6, 6.07) is 6.50. The number of aromatic nitrogens is 2. The number of nitrogens with two attached hydrogens (primary N) is 1. The summed E-state index contributed by atoms with van der Waals surface area (Å²) < 4.78 is 39.4. The molecule has 0 saturated heterocycles. The number of alkyl halides is 3. The SMILES string of the molecule is C#CCCC1(CCNC(=O)c2ccc(Cn3cc(N)c(C(F)(F)F)n3)cc2)N=N1. The van der Waals surface area contributed by atoms with Crippen LogP contribution < -0.4 is 11.1 Å². The number of hydrogen-bond acceptors (Lipinski definition) is 5. The van der Waals surface area contributed by atoms with Gasteiger partial charge in [0.2, 0.25) is 0 Å². The minimum atomic E-state index is -4.60. The third-order valence-electron chi connectivity index (χ3n) is 4.48. The molecule has 7 nitrogen and oxygen atoms in total. The van der Waals surface area contributed by atoms with Gasteiger partial charge in [-0.2, -0.15) is 28.5 Å². The Morgan fingerprint density at radius 1 is 1.24 bits per heavy atom. The molecule has 2 aromatic rings. The second-order valence-corrected chi connectivity index (χ2v) is 6.72. The smallest absolute Gasteiger partial charge is 0.396 e. The van der Waals surface area contributed by atoms with Gasteiger partial charge < -0.3 is 11.1 Å². The van der Waals surface area contributed by atoms with Crippen molar-refractivity contribution in [2.24, 2.45) is 10.2 Å². The van der Waals surface area contributed by atoms with Crippen molar-refractivity contribution in [3.8, 4) is 12.3 Å². The van der Waals surface area contributed by atoms with Crippen LogP contribution in [-0.4, -0.2) is 27.9 Å². The lowest BCUT2D eigenvalue weighted by atomic mass is 10.0. The normalized spacial score (nSPS) is 14.4. The Morgan fingerprint density at radius 2 is 1.93 bits per heavy atom. The van der Waals surface area contributed by atoms with Crippen molar-refractivity contribution in [1.29, 1.82) is 0 Å². The Labute approximate surface area is 165 Å². The summed E-state index contributed by atoms with van der Waals surface area (Å²) in [6.07, 6.45) is 3.60. The van der Waals surface area contributed by atoms with Crippen molar-refractivity contribution in [2.45, 2.75) is 37.6 Å². The van der Waals surface area contributed by atoms with E-state index >= 15 is 0 Å². The maximum atomic E-state index is 12.8. The van der Waals surface area contributed by atoms with Crippen LogP contribution in [0.25, 0.3) is 0 Å². The van der Waals surface area contributed by atoms with Crippen molar-refractivity contribution < 1.29 is 18.0 Å². The topological polar surface area (TPSA) is 97.7 Å². The van der Waals surface area contributed by atoms with Gasteiger partial charge >= 0.3 is 6.18 Å². The Hall–Kier alpha value is -3.35. The monoisotopic (exact) mass is 404 g/mol. The van der Waals surface area contributed by atoms with E-state index in [1.807, 2.05) is 0 Å². The minimum absolute atomic E-state index is 0.100. The average molecular weight is 404 g/mol. The molecule has 3 rings (SSSR count). The number of carbonyl (C=O) groups excluding carboxylic acids is 1. The zero-order valence-electron chi connectivity index (χ0n) is 15.4. The third-order valence-corrected chi connectivity index (χ3v) is 4.48. The maximum absolute atomic E-state index is 12.8. The van der Waals surface area contributed by atoms with Gasteiger partial charge in [-0.15, -0.1) is 12.3 Å². The van der Waals surface area contributed by atoms with Crippen LogP contribution in [0.4, 0.5) is 18.9 Å². The molecule has 1 aromatic heterocycles. The predicted molar refractivity (Wildman–Crippen MR) is 99.8 cm³/mol. The van der Waals surface area contributed by atoms with Crippen LogP contribution in [-0.2, 0) is 12.7 Å². The first kappa shape index (κ1) is 20.4. The third kappa shape index (κ3) is 5.13. The van der Waals surface area contributed by atoms with Gasteiger partial charge in [0.25, 0.3) is 5.91 Å². The van der Waals surface area contributed by atoms with Gasteiger partial charge in [-0.3, -0.25) is 9.48 Å². The van der Waals surface area contributed by atoms with Gasteiger partial charge in [-0.25, -0.2) is 0 Å². The fourth-order valence-corrected chi connectivity index (χ4v) is 2.83. The maximum Gasteiger partial charge on any atom is 0.437 e. The van der Waals surface area contributed by atoms with Crippen molar-refractivity contribution in [1.82, 2.24) is 15.1 Å². The Kier molecular flexibility index (Phi) is 5.59. The number of halogens is 3. The number of nitrogen functional groups attached to an aromatic ring is 1. The van der Waals surface area contributed by atoms with E-state index in [0.717, 1.165) is 10.9 Å². The second kappa shape index (κ2) is 7.95. The number of terminal acetylenes is 1. The fraction of sp³-hybridized carbons (Fsp3) is 0.368. The van der Waals surface area contributed by atoms with Gasteiger partial charge in [0.05, 0.1) is 12.2 Å². The molecule has 29 heavy (non-hydrogen) atoms. The molecule has 1 aliphatic rings. The van der Waals surface area contributed by atoms with Crippen LogP contribution in [0.3, 0.4) is 0 Å². The molecule has 0 aliphatic carbocycles. The largest absolute Gasteiger partial charge is 0.437 e. The van der Waals surface area contributed by atoms with E-state index in [4.69, 9.17) is 12.2 Å². The lowest BCUT2D eigenvalue weighted by Crippen LogP contribution is -2.28. The predicted octanol–water partition coefficient (Wildman–Crippen LogP) is 3.23. The van der Waals surface area contributed by atoms with Crippen LogP contribution in [0.15, 0.2) is 40.7 Å². The number of anilines is 1. The van der Waals surface area contributed by atoms with Gasteiger partial charge in [-0.05, 0) is 17.7 Å². The molecule has 0 saturated carbocycles. The summed E-state index contributed by atoms with van der Waals surface area (Å²) in [5.74, 6) is 2.29. The van der Waals surface area contributed by atoms with Crippen molar-refractivity contribution in [2.75, 3.05) is 12.3 Å². The highest BCUT2D eigenvalue weighted by Gasteiger charge is 2.38. The molecule has 0 fully saturated rings. The van der Waals surface area contributed by atoms with E-state index in [-0.39, 0.29) is 12.5 Å². The van der Waals surface area contributed by atoms with E-state index in [1.54, 1.807) is 24.3 Å². The summed E-state index contributed by atoms with van der Waals surface area (Å²) in [5.41, 5.74) is 4.50. The number of nitrogens with zero attached hydrogens (tertiary/aromatic N) is 4. The fourth-order valence-electron chi connectivity index (χ4n) is 2.83. The van der Waals surface area contributed by atoms with Crippen molar-refractivity contribution in [3.63, 3.8) is 0 Å². The van der Waals surface area contributed by atoms with E-state index in [2.05, 4.69) is 26.6 Å². The van der Waals surface area contributed by atoms with Crippen molar-refractivity contribution in [3.05, 3.63) is 47.3 Å². The highest BCUT2D eigenvalue weighted by Crippen LogP contribution is 2.36. The van der Waals surface area contributed by atoms with Crippen LogP contribution in [0.2, 0.25) is 0 Å². The van der Waals surface area contributed by atoms with Crippen LogP contribution in [0.5, 0.6) is 0 Å². The molecule has 1 aliphatic heterocycles. The molecule has 0 radical (unpaired) electrons. The van der Waals surface area contributed by atoms with Gasteiger partial charge in [0.15, 0.2) is 11.4 Å². The van der Waals surface area contributed by atoms with Crippen LogP contribution in [0.1, 0.15) is 40.9 Å². The Balaban J connectivity index is 1.52. The van der Waals surface area contributed by atoms with Gasteiger partial charge in [-0.1, -0.05) is 12.1 Å². The summed E-state index contributed by atoms with van der Waals surface area (Å²) >= 11 is 0. The van der Waals surface area contributed by atoms with Crippen molar-refractivity contribution >= 4 is 11.6 Å². The van der Waals surface area contributed by atoms with Gasteiger partial charge in [0, 0.05) is 37.6 Å². The molecular weight excluding hydrogens is 385 g/mol. The molecule has 0 spiro atoms. The molecule has 152 valence electrons. The number of hydrogen-bond donors (Lipinski definition) is 2. The first-order valence-electron chi connectivity index (χ1n) is 8.87. The number of carbonyl (C=O) groups is 1.